The molecule has 0 aliphatic rings. The number of carbonyl (C=O) groups is 1. The van der Waals surface area contributed by atoms with Gasteiger partial charge in [-0.15, -0.1) is 0 Å². The van der Waals surface area contributed by atoms with Gasteiger partial charge >= 0.3 is 6.09 Å². The summed E-state index contributed by atoms with van der Waals surface area (Å²) >= 11 is 0. The molecule has 0 fully saturated rings. The van der Waals surface area contributed by atoms with Gasteiger partial charge in [0.05, 0.1) is 12.3 Å². The zero-order valence-electron chi connectivity index (χ0n) is 12.1. The Morgan fingerprint density at radius 2 is 2.00 bits per heavy atom. The third-order valence-corrected chi connectivity index (χ3v) is 2.80. The van der Waals surface area contributed by atoms with Crippen molar-refractivity contribution in [2.45, 2.75) is 13.5 Å². The van der Waals surface area contributed by atoms with Gasteiger partial charge in [0.15, 0.2) is 5.82 Å². The molecule has 0 saturated heterocycles. The monoisotopic (exact) mass is 304 g/mol. The number of pyridine rings is 1. The minimum atomic E-state index is -0.570. The van der Waals surface area contributed by atoms with Crippen LogP contribution in [0.25, 0.3) is 0 Å². The average molecular weight is 304 g/mol. The van der Waals surface area contributed by atoms with E-state index in [9.17, 15) is 9.18 Å². The average Bonchev–Trinajstić information content (AvgIpc) is 2.49. The second-order valence-electron chi connectivity index (χ2n) is 4.46. The highest BCUT2D eigenvalue weighted by atomic mass is 19.1. The van der Waals surface area contributed by atoms with Crippen LogP contribution in [0.4, 0.5) is 26.5 Å². The quantitative estimate of drug-likeness (QED) is 0.790. The number of amides is 1. The third kappa shape index (κ3) is 4.34. The minimum Gasteiger partial charge on any atom is -0.450 e. The summed E-state index contributed by atoms with van der Waals surface area (Å²) in [6.45, 7) is 2.40. The summed E-state index contributed by atoms with van der Waals surface area (Å²) in [6.07, 6.45) is -0.570. The van der Waals surface area contributed by atoms with Crippen molar-refractivity contribution in [1.82, 2.24) is 4.98 Å². The molecule has 1 heterocycles. The molecule has 1 amide bonds. The van der Waals surface area contributed by atoms with Crippen LogP contribution in [0.3, 0.4) is 0 Å². The largest absolute Gasteiger partial charge is 0.450 e. The number of ether oxygens (including phenoxy) is 1. The van der Waals surface area contributed by atoms with Crippen LogP contribution in [0.5, 0.6) is 0 Å². The summed E-state index contributed by atoms with van der Waals surface area (Å²) < 4.78 is 17.7. The summed E-state index contributed by atoms with van der Waals surface area (Å²) in [4.78, 5) is 15.6. The summed E-state index contributed by atoms with van der Waals surface area (Å²) in [5.74, 6) is 0.434. The lowest BCUT2D eigenvalue weighted by Crippen LogP contribution is -2.16. The first-order valence-corrected chi connectivity index (χ1v) is 6.77. The van der Waals surface area contributed by atoms with Crippen LogP contribution in [0.15, 0.2) is 36.4 Å². The normalized spacial score (nSPS) is 10.1. The molecule has 6 nitrogen and oxygen atoms in total. The van der Waals surface area contributed by atoms with Gasteiger partial charge < -0.3 is 15.8 Å². The zero-order valence-corrected chi connectivity index (χ0v) is 12.1. The smallest absolute Gasteiger partial charge is 0.411 e. The summed E-state index contributed by atoms with van der Waals surface area (Å²) in [7, 11) is 0. The van der Waals surface area contributed by atoms with E-state index in [-0.39, 0.29) is 12.4 Å². The maximum absolute atomic E-state index is 12.9. The van der Waals surface area contributed by atoms with E-state index in [1.54, 1.807) is 31.2 Å². The molecule has 0 saturated carbocycles. The van der Waals surface area contributed by atoms with Crippen molar-refractivity contribution in [2.24, 2.45) is 0 Å². The van der Waals surface area contributed by atoms with Gasteiger partial charge in [0, 0.05) is 6.54 Å². The van der Waals surface area contributed by atoms with Gasteiger partial charge in [-0.1, -0.05) is 12.1 Å². The maximum atomic E-state index is 12.9. The molecule has 116 valence electrons. The number of rotatable bonds is 5. The molecule has 0 bridgehead atoms. The number of nitrogens with zero attached hydrogens (tertiary/aromatic N) is 1. The minimum absolute atomic E-state index is 0.270. The fourth-order valence-corrected chi connectivity index (χ4v) is 1.78. The number of aromatic nitrogens is 1. The van der Waals surface area contributed by atoms with Crippen LogP contribution in [0, 0.1) is 5.82 Å². The lowest BCUT2D eigenvalue weighted by Gasteiger charge is -2.12. The highest BCUT2D eigenvalue weighted by Crippen LogP contribution is 2.21. The number of nitrogens with one attached hydrogen (secondary N) is 2. The molecule has 1 aromatic carbocycles. The van der Waals surface area contributed by atoms with E-state index in [1.165, 1.54) is 12.1 Å². The number of halogens is 1. The van der Waals surface area contributed by atoms with Crippen molar-refractivity contribution in [2.75, 3.05) is 23.0 Å². The van der Waals surface area contributed by atoms with Crippen LogP contribution in [0.2, 0.25) is 0 Å². The Morgan fingerprint density at radius 1 is 1.27 bits per heavy atom. The lowest BCUT2D eigenvalue weighted by atomic mass is 10.2. The van der Waals surface area contributed by atoms with Gasteiger partial charge in [0.25, 0.3) is 0 Å². The second kappa shape index (κ2) is 7.26. The molecular weight excluding hydrogens is 287 g/mol. The predicted molar refractivity (Wildman–Crippen MR) is 83.0 cm³/mol. The molecule has 0 aliphatic carbocycles. The molecule has 2 rings (SSSR count). The van der Waals surface area contributed by atoms with E-state index < -0.39 is 6.09 Å². The molecule has 0 spiro atoms. The van der Waals surface area contributed by atoms with E-state index in [4.69, 9.17) is 10.5 Å². The van der Waals surface area contributed by atoms with E-state index in [2.05, 4.69) is 15.6 Å². The fourth-order valence-electron chi connectivity index (χ4n) is 1.78. The van der Waals surface area contributed by atoms with Gasteiger partial charge in [-0.3, -0.25) is 5.32 Å². The van der Waals surface area contributed by atoms with E-state index in [0.717, 1.165) is 5.56 Å². The third-order valence-electron chi connectivity index (χ3n) is 2.80. The Kier molecular flexibility index (Phi) is 5.13. The number of nitrogen functional groups attached to an aromatic ring is 1. The zero-order chi connectivity index (χ0) is 15.9. The number of anilines is 3. The van der Waals surface area contributed by atoms with Crippen LogP contribution < -0.4 is 16.4 Å². The molecule has 1 aromatic heterocycles. The summed E-state index contributed by atoms with van der Waals surface area (Å²) in [5.41, 5.74) is 6.98. The Bertz CT molecular complexity index is 646. The fraction of sp³-hybridized carbons (Fsp3) is 0.200. The van der Waals surface area contributed by atoms with Crippen molar-refractivity contribution in [1.29, 1.82) is 0 Å². The SMILES string of the molecule is CCOC(=O)Nc1ccc(N)nc1NCc1ccc(F)cc1. The van der Waals surface area contributed by atoms with Gasteiger partial charge in [-0.25, -0.2) is 14.2 Å². The Hall–Kier alpha value is -2.83. The van der Waals surface area contributed by atoms with E-state index in [1.807, 2.05) is 0 Å². The Balaban J connectivity index is 2.09. The first-order chi connectivity index (χ1) is 10.6. The predicted octanol–water partition coefficient (Wildman–Crippen LogP) is 2.98. The van der Waals surface area contributed by atoms with Gasteiger partial charge in [-0.2, -0.15) is 0 Å². The first kappa shape index (κ1) is 15.6. The standard InChI is InChI=1S/C15H17FN4O2/c1-2-22-15(21)19-12-7-8-13(17)20-14(12)18-9-10-3-5-11(16)6-4-10/h3-8H,2,9H2,1H3,(H,19,21)(H3,17,18,20). The molecule has 2 aromatic rings. The maximum Gasteiger partial charge on any atom is 0.411 e. The van der Waals surface area contributed by atoms with Crippen molar-refractivity contribution < 1.29 is 13.9 Å². The van der Waals surface area contributed by atoms with Gasteiger partial charge in [-0.05, 0) is 36.8 Å². The second-order valence-corrected chi connectivity index (χ2v) is 4.46. The van der Waals surface area contributed by atoms with Crippen molar-refractivity contribution in [3.8, 4) is 0 Å². The molecule has 4 N–H and O–H groups in total. The summed E-state index contributed by atoms with van der Waals surface area (Å²) in [6, 6.07) is 9.28. The molecule has 22 heavy (non-hydrogen) atoms. The van der Waals surface area contributed by atoms with Crippen molar-refractivity contribution in [3.05, 3.63) is 47.8 Å². The van der Waals surface area contributed by atoms with E-state index >= 15 is 0 Å². The molecular formula is C15H17FN4O2. The highest BCUT2D eigenvalue weighted by molar-refractivity contribution is 5.88. The topological polar surface area (TPSA) is 89.3 Å². The van der Waals surface area contributed by atoms with Crippen LogP contribution in [0.1, 0.15) is 12.5 Å². The summed E-state index contributed by atoms with van der Waals surface area (Å²) in [5, 5.41) is 5.64. The van der Waals surface area contributed by atoms with E-state index in [0.29, 0.717) is 23.9 Å². The number of nitrogens with two attached hydrogens (primary N) is 1. The van der Waals surface area contributed by atoms with Gasteiger partial charge in [0.2, 0.25) is 0 Å². The number of hydrogen-bond donors (Lipinski definition) is 3. The van der Waals surface area contributed by atoms with Crippen LogP contribution >= 0.6 is 0 Å². The van der Waals surface area contributed by atoms with Crippen molar-refractivity contribution >= 4 is 23.4 Å². The molecule has 0 aliphatic heterocycles. The Labute approximate surface area is 127 Å². The van der Waals surface area contributed by atoms with Crippen LogP contribution in [-0.2, 0) is 11.3 Å². The molecule has 7 heteroatoms. The number of carbonyl (C=O) groups excluding carboxylic acids is 1. The highest BCUT2D eigenvalue weighted by Gasteiger charge is 2.09. The lowest BCUT2D eigenvalue weighted by molar-refractivity contribution is 0.168. The molecule has 0 atom stereocenters. The van der Waals surface area contributed by atoms with Gasteiger partial charge in [0.1, 0.15) is 11.6 Å². The number of hydrogen-bond acceptors (Lipinski definition) is 5. The molecule has 0 radical (unpaired) electrons. The van der Waals surface area contributed by atoms with Crippen LogP contribution in [-0.4, -0.2) is 17.7 Å². The molecule has 0 unspecified atom stereocenters. The van der Waals surface area contributed by atoms with Crippen molar-refractivity contribution in [3.63, 3.8) is 0 Å². The number of benzene rings is 1. The first-order valence-electron chi connectivity index (χ1n) is 6.77. The Morgan fingerprint density at radius 3 is 2.68 bits per heavy atom.